The van der Waals surface area contributed by atoms with E-state index in [-0.39, 0.29) is 17.3 Å². The van der Waals surface area contributed by atoms with Crippen molar-refractivity contribution in [1.29, 1.82) is 0 Å². The Kier molecular flexibility index (Phi) is 3.39. The van der Waals surface area contributed by atoms with Gasteiger partial charge in [0, 0.05) is 18.4 Å². The maximum atomic E-state index is 12.3. The van der Waals surface area contributed by atoms with Crippen LogP contribution in [0.1, 0.15) is 39.7 Å². The van der Waals surface area contributed by atoms with Crippen molar-refractivity contribution in [1.82, 2.24) is 9.55 Å². The van der Waals surface area contributed by atoms with Gasteiger partial charge in [0.2, 0.25) is 0 Å². The Morgan fingerprint density at radius 1 is 1.38 bits per heavy atom. The van der Waals surface area contributed by atoms with Gasteiger partial charge >= 0.3 is 5.97 Å². The Hall–Kier alpha value is -2.34. The summed E-state index contributed by atoms with van der Waals surface area (Å²) in [5, 5.41) is 12.0. The van der Waals surface area contributed by atoms with Gasteiger partial charge in [-0.05, 0) is 31.0 Å². The zero-order valence-electron chi connectivity index (χ0n) is 10.9. The SMILES string of the molecule is O=C(O)c1ccnc(NC(=O)c2cc(Cl)cn2C2CC2)c1. The molecule has 0 saturated heterocycles. The average Bonchev–Trinajstić information content (AvgIpc) is 3.21. The van der Waals surface area contributed by atoms with Crippen molar-refractivity contribution >= 4 is 29.3 Å². The van der Waals surface area contributed by atoms with Crippen LogP contribution in [0, 0.1) is 0 Å². The summed E-state index contributed by atoms with van der Waals surface area (Å²) in [5.74, 6) is -1.24. The minimum atomic E-state index is -1.07. The molecule has 0 radical (unpaired) electrons. The van der Waals surface area contributed by atoms with Crippen LogP contribution in [-0.2, 0) is 0 Å². The van der Waals surface area contributed by atoms with Gasteiger partial charge in [-0.15, -0.1) is 0 Å². The van der Waals surface area contributed by atoms with Gasteiger partial charge in [-0.25, -0.2) is 9.78 Å². The number of carboxylic acids is 1. The first-order valence-corrected chi connectivity index (χ1v) is 6.80. The number of nitrogens with zero attached hydrogens (tertiary/aromatic N) is 2. The zero-order valence-corrected chi connectivity index (χ0v) is 11.7. The lowest BCUT2D eigenvalue weighted by Gasteiger charge is -2.08. The predicted molar refractivity (Wildman–Crippen MR) is 76.9 cm³/mol. The van der Waals surface area contributed by atoms with Gasteiger partial charge in [-0.3, -0.25) is 4.79 Å². The topological polar surface area (TPSA) is 84.2 Å². The van der Waals surface area contributed by atoms with Gasteiger partial charge in [-0.1, -0.05) is 11.6 Å². The van der Waals surface area contributed by atoms with E-state index in [1.165, 1.54) is 18.3 Å². The molecule has 0 aromatic carbocycles. The van der Waals surface area contributed by atoms with Crippen LogP contribution >= 0.6 is 11.6 Å². The number of amides is 1. The summed E-state index contributed by atoms with van der Waals surface area (Å²) in [5.41, 5.74) is 0.515. The van der Waals surface area contributed by atoms with Gasteiger partial charge in [0.25, 0.3) is 5.91 Å². The third-order valence-corrected chi connectivity index (χ3v) is 3.44. The molecule has 3 rings (SSSR count). The number of anilines is 1. The van der Waals surface area contributed by atoms with Crippen LogP contribution in [0.4, 0.5) is 5.82 Å². The second-order valence-corrected chi connectivity index (χ2v) is 5.31. The van der Waals surface area contributed by atoms with E-state index in [2.05, 4.69) is 10.3 Å². The lowest BCUT2D eigenvalue weighted by molar-refractivity contribution is 0.0696. The minimum Gasteiger partial charge on any atom is -0.478 e. The first-order valence-electron chi connectivity index (χ1n) is 6.42. The molecule has 1 amide bonds. The minimum absolute atomic E-state index is 0.0657. The molecule has 0 atom stereocenters. The van der Waals surface area contributed by atoms with Gasteiger partial charge in [0.15, 0.2) is 0 Å². The van der Waals surface area contributed by atoms with Gasteiger partial charge in [0.05, 0.1) is 10.6 Å². The highest BCUT2D eigenvalue weighted by Crippen LogP contribution is 2.37. The van der Waals surface area contributed by atoms with E-state index in [0.717, 1.165) is 12.8 Å². The molecule has 2 aromatic heterocycles. The first-order chi connectivity index (χ1) is 10.0. The van der Waals surface area contributed by atoms with Gasteiger partial charge in [-0.2, -0.15) is 0 Å². The normalized spacial score (nSPS) is 14.0. The molecule has 0 aliphatic heterocycles. The quantitative estimate of drug-likeness (QED) is 0.909. The van der Waals surface area contributed by atoms with E-state index < -0.39 is 5.97 Å². The third-order valence-electron chi connectivity index (χ3n) is 3.24. The van der Waals surface area contributed by atoms with Crippen LogP contribution in [0.2, 0.25) is 5.02 Å². The largest absolute Gasteiger partial charge is 0.478 e. The standard InChI is InChI=1S/C14H12ClN3O3/c15-9-6-11(18(7-9)10-1-2-10)13(19)17-12-5-8(14(20)21)3-4-16-12/h3-7,10H,1-2H2,(H,20,21)(H,16,17,19). The number of carbonyl (C=O) groups excluding carboxylic acids is 1. The Labute approximate surface area is 125 Å². The first kappa shape index (κ1) is 13.6. The molecule has 108 valence electrons. The second-order valence-electron chi connectivity index (χ2n) is 4.87. The average molecular weight is 306 g/mol. The lowest BCUT2D eigenvalue weighted by atomic mass is 10.2. The molecule has 7 heteroatoms. The molecule has 0 unspecified atom stereocenters. The number of carboxylic acid groups (broad SMARTS) is 1. The number of aromatic carboxylic acids is 1. The molecule has 2 N–H and O–H groups in total. The van der Waals surface area contributed by atoms with Crippen molar-refractivity contribution in [2.24, 2.45) is 0 Å². The van der Waals surface area contributed by atoms with Crippen LogP contribution < -0.4 is 5.32 Å². The number of carbonyl (C=O) groups is 2. The number of hydrogen-bond donors (Lipinski definition) is 2. The third kappa shape index (κ3) is 2.90. The molecule has 2 aromatic rings. The highest BCUT2D eigenvalue weighted by molar-refractivity contribution is 6.31. The smallest absolute Gasteiger partial charge is 0.335 e. The number of rotatable bonds is 4. The van der Waals surface area contributed by atoms with Crippen LogP contribution in [-0.4, -0.2) is 26.5 Å². The summed E-state index contributed by atoms with van der Waals surface area (Å²) < 4.78 is 1.85. The molecule has 6 nitrogen and oxygen atoms in total. The molecule has 1 aliphatic carbocycles. The van der Waals surface area contributed by atoms with Crippen molar-refractivity contribution in [3.63, 3.8) is 0 Å². The fourth-order valence-electron chi connectivity index (χ4n) is 2.09. The summed E-state index contributed by atoms with van der Waals surface area (Å²) in [6.07, 6.45) is 5.12. The van der Waals surface area contributed by atoms with Crippen molar-refractivity contribution in [3.8, 4) is 0 Å². The fraction of sp³-hybridized carbons (Fsp3) is 0.214. The van der Waals surface area contributed by atoms with Crippen LogP contribution in [0.15, 0.2) is 30.6 Å². The molecule has 0 spiro atoms. The molecule has 2 heterocycles. The highest BCUT2D eigenvalue weighted by atomic mass is 35.5. The molecule has 0 bridgehead atoms. The summed E-state index contributed by atoms with van der Waals surface area (Å²) in [6.45, 7) is 0. The van der Waals surface area contributed by atoms with E-state index >= 15 is 0 Å². The monoisotopic (exact) mass is 305 g/mol. The van der Waals surface area contributed by atoms with Crippen molar-refractivity contribution in [2.45, 2.75) is 18.9 Å². The van der Waals surface area contributed by atoms with Crippen molar-refractivity contribution < 1.29 is 14.7 Å². The molecule has 1 saturated carbocycles. The van der Waals surface area contributed by atoms with Crippen molar-refractivity contribution in [2.75, 3.05) is 5.32 Å². The van der Waals surface area contributed by atoms with E-state index in [4.69, 9.17) is 16.7 Å². The maximum Gasteiger partial charge on any atom is 0.335 e. The summed E-state index contributed by atoms with van der Waals surface area (Å²) >= 11 is 5.96. The number of hydrogen-bond acceptors (Lipinski definition) is 3. The van der Waals surface area contributed by atoms with E-state index in [9.17, 15) is 9.59 Å². The summed E-state index contributed by atoms with van der Waals surface area (Å²) in [6, 6.07) is 4.58. The van der Waals surface area contributed by atoms with E-state index in [0.29, 0.717) is 16.8 Å². The Balaban J connectivity index is 1.83. The van der Waals surface area contributed by atoms with Crippen LogP contribution in [0.25, 0.3) is 0 Å². The van der Waals surface area contributed by atoms with Crippen LogP contribution in [0.5, 0.6) is 0 Å². The van der Waals surface area contributed by atoms with Crippen molar-refractivity contribution in [3.05, 3.63) is 46.9 Å². The van der Waals surface area contributed by atoms with Gasteiger partial charge < -0.3 is 15.0 Å². The highest BCUT2D eigenvalue weighted by Gasteiger charge is 2.28. The van der Waals surface area contributed by atoms with Gasteiger partial charge in [0.1, 0.15) is 11.5 Å². The Morgan fingerprint density at radius 3 is 2.81 bits per heavy atom. The molecular formula is C14H12ClN3O3. The molecule has 1 aliphatic rings. The number of aromatic nitrogens is 2. The molecule has 1 fully saturated rings. The Morgan fingerprint density at radius 2 is 2.14 bits per heavy atom. The number of nitrogens with one attached hydrogen (secondary N) is 1. The lowest BCUT2D eigenvalue weighted by Crippen LogP contribution is -2.17. The summed E-state index contributed by atoms with van der Waals surface area (Å²) in [4.78, 5) is 27.1. The Bertz CT molecular complexity index is 722. The van der Waals surface area contributed by atoms with E-state index in [1.54, 1.807) is 12.3 Å². The summed E-state index contributed by atoms with van der Waals surface area (Å²) in [7, 11) is 0. The maximum absolute atomic E-state index is 12.3. The zero-order chi connectivity index (χ0) is 15.0. The number of pyridine rings is 1. The second kappa shape index (κ2) is 5.21. The van der Waals surface area contributed by atoms with Crippen LogP contribution in [0.3, 0.4) is 0 Å². The number of halogens is 1. The molecular weight excluding hydrogens is 294 g/mol. The molecule has 21 heavy (non-hydrogen) atoms. The van der Waals surface area contributed by atoms with E-state index in [1.807, 2.05) is 4.57 Å². The fourth-order valence-corrected chi connectivity index (χ4v) is 2.30. The predicted octanol–water partition coefficient (Wildman–Crippen LogP) is 2.82.